The van der Waals surface area contributed by atoms with Crippen molar-refractivity contribution in [1.82, 2.24) is 10.2 Å². The number of sulfone groups is 1. The van der Waals surface area contributed by atoms with E-state index in [-0.39, 0.29) is 17.8 Å². The van der Waals surface area contributed by atoms with Crippen molar-refractivity contribution in [2.45, 2.75) is 43.8 Å². The Balaban J connectivity index is 1.73. The van der Waals surface area contributed by atoms with Crippen LogP contribution in [-0.2, 0) is 9.84 Å². The van der Waals surface area contributed by atoms with Crippen LogP contribution in [0, 0.1) is 11.3 Å². The molecule has 1 aliphatic carbocycles. The van der Waals surface area contributed by atoms with Crippen molar-refractivity contribution in [1.29, 1.82) is 5.26 Å². The van der Waals surface area contributed by atoms with Gasteiger partial charge in [0.05, 0.1) is 23.6 Å². The molecule has 1 aliphatic heterocycles. The molecule has 1 saturated carbocycles. The summed E-state index contributed by atoms with van der Waals surface area (Å²) in [5, 5.41) is 12.3. The van der Waals surface area contributed by atoms with Crippen LogP contribution in [-0.4, -0.2) is 56.5 Å². The van der Waals surface area contributed by atoms with E-state index < -0.39 is 9.84 Å². The fraction of sp³-hybridized carbons (Fsp3) is 0.917. The Bertz CT molecular complexity index is 425. The Morgan fingerprint density at radius 1 is 1.44 bits per heavy atom. The van der Waals surface area contributed by atoms with Gasteiger partial charge in [0.25, 0.3) is 0 Å². The summed E-state index contributed by atoms with van der Waals surface area (Å²) in [4.78, 5) is 2.09. The van der Waals surface area contributed by atoms with Gasteiger partial charge in [0, 0.05) is 18.6 Å². The molecule has 2 unspecified atom stereocenters. The Morgan fingerprint density at radius 3 is 2.67 bits per heavy atom. The summed E-state index contributed by atoms with van der Waals surface area (Å²) >= 11 is 0. The van der Waals surface area contributed by atoms with Crippen LogP contribution in [0.2, 0.25) is 0 Å². The Kier molecular flexibility index (Phi) is 4.25. The van der Waals surface area contributed by atoms with Gasteiger partial charge >= 0.3 is 0 Å². The fourth-order valence-electron chi connectivity index (χ4n) is 2.36. The number of nitrogens with zero attached hydrogens (tertiary/aromatic N) is 2. The molecule has 1 saturated heterocycles. The van der Waals surface area contributed by atoms with Gasteiger partial charge in [-0.3, -0.25) is 5.32 Å². The fourth-order valence-corrected chi connectivity index (χ4v) is 4.16. The van der Waals surface area contributed by atoms with Crippen LogP contribution < -0.4 is 5.32 Å². The third kappa shape index (κ3) is 3.94. The first-order valence-corrected chi connectivity index (χ1v) is 8.38. The van der Waals surface area contributed by atoms with Crippen molar-refractivity contribution in [3.63, 3.8) is 0 Å². The van der Waals surface area contributed by atoms with E-state index in [0.29, 0.717) is 11.8 Å². The van der Waals surface area contributed by atoms with Gasteiger partial charge < -0.3 is 4.90 Å². The van der Waals surface area contributed by atoms with E-state index in [0.717, 1.165) is 19.4 Å². The van der Waals surface area contributed by atoms with Gasteiger partial charge in [0.2, 0.25) is 0 Å². The third-order valence-electron chi connectivity index (χ3n) is 3.77. The maximum Gasteiger partial charge on any atom is 0.151 e. The predicted octanol–water partition coefficient (Wildman–Crippen LogP) is 0.140. The lowest BCUT2D eigenvalue weighted by Gasteiger charge is -2.24. The van der Waals surface area contributed by atoms with Gasteiger partial charge in [-0.05, 0) is 32.7 Å². The number of nitrogens with one attached hydrogen (secondary N) is 1. The Labute approximate surface area is 109 Å². The van der Waals surface area contributed by atoms with E-state index in [9.17, 15) is 8.42 Å². The molecule has 0 spiro atoms. The Hall–Kier alpha value is -0.640. The number of nitriles is 1. The summed E-state index contributed by atoms with van der Waals surface area (Å²) < 4.78 is 22.8. The van der Waals surface area contributed by atoms with Crippen molar-refractivity contribution >= 4 is 9.84 Å². The highest BCUT2D eigenvalue weighted by Gasteiger charge is 2.31. The van der Waals surface area contributed by atoms with Gasteiger partial charge in [-0.15, -0.1) is 0 Å². The molecule has 0 bridgehead atoms. The topological polar surface area (TPSA) is 73.2 Å². The zero-order valence-electron chi connectivity index (χ0n) is 10.8. The molecular formula is C12H21N3O2S. The first-order chi connectivity index (χ1) is 8.50. The van der Waals surface area contributed by atoms with Gasteiger partial charge in [0.1, 0.15) is 0 Å². The highest BCUT2D eigenvalue weighted by atomic mass is 32.2. The number of hydrogen-bond acceptors (Lipinski definition) is 5. The second-order valence-corrected chi connectivity index (χ2v) is 7.68. The lowest BCUT2D eigenvalue weighted by atomic mass is 10.2. The molecule has 6 heteroatoms. The molecule has 1 heterocycles. The average Bonchev–Trinajstić information content (AvgIpc) is 3.06. The summed E-state index contributed by atoms with van der Waals surface area (Å²) in [6, 6.07) is 2.85. The maximum atomic E-state index is 11.4. The molecule has 2 rings (SSSR count). The van der Waals surface area contributed by atoms with Crippen molar-refractivity contribution in [3.8, 4) is 6.07 Å². The zero-order valence-corrected chi connectivity index (χ0v) is 11.6. The van der Waals surface area contributed by atoms with Crippen molar-refractivity contribution < 1.29 is 8.42 Å². The lowest BCUT2D eigenvalue weighted by molar-refractivity contribution is 0.252. The quantitative estimate of drug-likeness (QED) is 0.744. The van der Waals surface area contributed by atoms with E-state index >= 15 is 0 Å². The monoisotopic (exact) mass is 271 g/mol. The van der Waals surface area contributed by atoms with E-state index in [1.807, 2.05) is 7.05 Å². The molecule has 2 aliphatic rings. The molecule has 2 atom stereocenters. The van der Waals surface area contributed by atoms with Crippen LogP contribution in [0.3, 0.4) is 0 Å². The average molecular weight is 271 g/mol. The maximum absolute atomic E-state index is 11.4. The highest BCUT2D eigenvalue weighted by molar-refractivity contribution is 7.91. The van der Waals surface area contributed by atoms with Crippen LogP contribution in [0.4, 0.5) is 0 Å². The summed E-state index contributed by atoms with van der Waals surface area (Å²) in [6.45, 7) is 0.776. The smallest absolute Gasteiger partial charge is 0.151 e. The number of rotatable bonds is 6. The summed E-state index contributed by atoms with van der Waals surface area (Å²) in [7, 11) is -0.860. The number of hydrogen-bond donors (Lipinski definition) is 1. The summed E-state index contributed by atoms with van der Waals surface area (Å²) in [6.07, 6.45) is 3.84. The van der Waals surface area contributed by atoms with Crippen LogP contribution in [0.5, 0.6) is 0 Å². The summed E-state index contributed by atoms with van der Waals surface area (Å²) in [5.74, 6) is 0.584. The molecule has 0 amide bonds. The van der Waals surface area contributed by atoms with Crippen LogP contribution in [0.25, 0.3) is 0 Å². The molecule has 2 fully saturated rings. The van der Waals surface area contributed by atoms with Crippen molar-refractivity contribution in [2.24, 2.45) is 0 Å². The molecule has 0 aromatic heterocycles. The highest BCUT2D eigenvalue weighted by Crippen LogP contribution is 2.20. The van der Waals surface area contributed by atoms with Gasteiger partial charge in [0.15, 0.2) is 9.84 Å². The van der Waals surface area contributed by atoms with Gasteiger partial charge in [-0.25, -0.2) is 8.42 Å². The minimum absolute atomic E-state index is 0.0991. The minimum atomic E-state index is -2.82. The SMILES string of the molecule is CN(CCC(C#N)NC1CC1)C1CCS(=O)(=O)C1. The van der Waals surface area contributed by atoms with Crippen molar-refractivity contribution in [2.75, 3.05) is 25.1 Å². The van der Waals surface area contributed by atoms with Gasteiger partial charge in [-0.2, -0.15) is 5.26 Å². The van der Waals surface area contributed by atoms with E-state index in [1.54, 1.807) is 0 Å². The molecule has 102 valence electrons. The largest absolute Gasteiger partial charge is 0.302 e. The van der Waals surface area contributed by atoms with Crippen LogP contribution >= 0.6 is 0 Å². The molecule has 5 nitrogen and oxygen atoms in total. The standard InChI is InChI=1S/C12H21N3O2S/c1-15(12-5-7-18(16,17)9-12)6-4-11(8-13)14-10-2-3-10/h10-12,14H,2-7,9H2,1H3. The van der Waals surface area contributed by atoms with Crippen LogP contribution in [0.1, 0.15) is 25.7 Å². The first kappa shape index (κ1) is 13.8. The van der Waals surface area contributed by atoms with E-state index in [1.165, 1.54) is 12.8 Å². The van der Waals surface area contributed by atoms with Gasteiger partial charge in [-0.1, -0.05) is 0 Å². The van der Waals surface area contributed by atoms with E-state index in [2.05, 4.69) is 16.3 Å². The first-order valence-electron chi connectivity index (χ1n) is 6.56. The molecule has 0 radical (unpaired) electrons. The zero-order chi connectivity index (χ0) is 13.2. The molecular weight excluding hydrogens is 250 g/mol. The van der Waals surface area contributed by atoms with Crippen LogP contribution in [0.15, 0.2) is 0 Å². The molecule has 0 aromatic rings. The molecule has 18 heavy (non-hydrogen) atoms. The minimum Gasteiger partial charge on any atom is -0.302 e. The third-order valence-corrected chi connectivity index (χ3v) is 5.52. The lowest BCUT2D eigenvalue weighted by Crippen LogP contribution is -2.38. The summed E-state index contributed by atoms with van der Waals surface area (Å²) in [5.41, 5.74) is 0. The molecule has 0 aromatic carbocycles. The second kappa shape index (κ2) is 5.55. The normalized spacial score (nSPS) is 28.2. The molecule has 1 N–H and O–H groups in total. The second-order valence-electron chi connectivity index (χ2n) is 5.45. The predicted molar refractivity (Wildman–Crippen MR) is 69.9 cm³/mol. The Morgan fingerprint density at radius 2 is 2.17 bits per heavy atom. The van der Waals surface area contributed by atoms with Crippen molar-refractivity contribution in [3.05, 3.63) is 0 Å². The van der Waals surface area contributed by atoms with E-state index in [4.69, 9.17) is 5.26 Å².